The van der Waals surface area contributed by atoms with Gasteiger partial charge in [0.15, 0.2) is 5.78 Å². The molecule has 1 aliphatic rings. The quantitative estimate of drug-likeness (QED) is 0.827. The Hall–Kier alpha value is -1.88. The van der Waals surface area contributed by atoms with Gasteiger partial charge in [-0.05, 0) is 26.3 Å². The number of ether oxygens (including phenoxy) is 2. The molecule has 1 aliphatic heterocycles. The summed E-state index contributed by atoms with van der Waals surface area (Å²) in [5.74, 6) is 0.0478. The fraction of sp³-hybridized carbons (Fsp3) is 0.579. The number of rotatable bonds is 5. The molecule has 1 heterocycles. The Bertz CT molecular complexity index is 564. The molecule has 0 aromatic heterocycles. The molecule has 0 N–H and O–H groups in total. The standard InChI is InChI=1S/C19H27NO4/c1-5-17(21)16-11-15(24-19(2,3)4)12-20(16)18(22)23-13-14-9-7-6-8-10-14/h6-10,15-16H,5,11-13H2,1-4H3/t15-,16+/m1/s1. The van der Waals surface area contributed by atoms with Gasteiger partial charge >= 0.3 is 6.09 Å². The minimum absolute atomic E-state index is 0.0478. The molecule has 0 spiro atoms. The van der Waals surface area contributed by atoms with Crippen LogP contribution in [0.4, 0.5) is 4.79 Å². The van der Waals surface area contributed by atoms with Crippen molar-refractivity contribution >= 4 is 11.9 Å². The van der Waals surface area contributed by atoms with Crippen molar-refractivity contribution in [3.8, 4) is 0 Å². The number of carbonyl (C=O) groups is 2. The number of benzene rings is 1. The molecule has 1 aromatic rings. The Balaban J connectivity index is 2.01. The average Bonchev–Trinajstić information content (AvgIpc) is 2.94. The van der Waals surface area contributed by atoms with Gasteiger partial charge < -0.3 is 9.47 Å². The summed E-state index contributed by atoms with van der Waals surface area (Å²) in [5, 5.41) is 0. The lowest BCUT2D eigenvalue weighted by molar-refractivity contribution is -0.122. The molecule has 0 aliphatic carbocycles. The normalized spacial score (nSPS) is 20.9. The average molecular weight is 333 g/mol. The topological polar surface area (TPSA) is 55.8 Å². The van der Waals surface area contributed by atoms with Gasteiger partial charge in [0, 0.05) is 12.8 Å². The Morgan fingerprint density at radius 2 is 1.88 bits per heavy atom. The second-order valence-electron chi connectivity index (χ2n) is 7.12. The fourth-order valence-electron chi connectivity index (χ4n) is 2.93. The predicted octanol–water partition coefficient (Wildman–Crippen LogP) is 3.56. The molecule has 1 amide bonds. The SMILES string of the molecule is CCC(=O)[C@@H]1C[C@@H](OC(C)(C)C)CN1C(=O)OCc1ccccc1. The fourth-order valence-corrected chi connectivity index (χ4v) is 2.93. The van der Waals surface area contributed by atoms with E-state index in [2.05, 4.69) is 0 Å². The molecule has 0 bridgehead atoms. The lowest BCUT2D eigenvalue weighted by atomic mass is 10.1. The zero-order valence-corrected chi connectivity index (χ0v) is 15.0. The lowest BCUT2D eigenvalue weighted by Gasteiger charge is -2.25. The summed E-state index contributed by atoms with van der Waals surface area (Å²) in [6, 6.07) is 9.06. The minimum Gasteiger partial charge on any atom is -0.445 e. The summed E-state index contributed by atoms with van der Waals surface area (Å²) in [6.07, 6.45) is 0.333. The number of likely N-dealkylation sites (tertiary alicyclic amines) is 1. The van der Waals surface area contributed by atoms with Crippen LogP contribution in [-0.2, 0) is 20.9 Å². The van der Waals surface area contributed by atoms with Gasteiger partial charge in [0.25, 0.3) is 0 Å². The van der Waals surface area contributed by atoms with Gasteiger partial charge in [0.1, 0.15) is 6.61 Å². The molecule has 5 nitrogen and oxygen atoms in total. The predicted molar refractivity (Wildman–Crippen MR) is 91.7 cm³/mol. The number of nitrogens with zero attached hydrogens (tertiary/aromatic N) is 1. The maximum atomic E-state index is 12.5. The van der Waals surface area contributed by atoms with Crippen LogP contribution in [0.1, 0.15) is 46.1 Å². The van der Waals surface area contributed by atoms with Crippen LogP contribution in [0, 0.1) is 0 Å². The van der Waals surface area contributed by atoms with E-state index in [1.54, 1.807) is 0 Å². The molecular formula is C19H27NO4. The van der Waals surface area contributed by atoms with Crippen molar-refractivity contribution in [2.45, 2.75) is 64.9 Å². The molecule has 24 heavy (non-hydrogen) atoms. The smallest absolute Gasteiger partial charge is 0.410 e. The summed E-state index contributed by atoms with van der Waals surface area (Å²) < 4.78 is 11.4. The third kappa shape index (κ3) is 5.06. The monoisotopic (exact) mass is 333 g/mol. The molecular weight excluding hydrogens is 306 g/mol. The van der Waals surface area contributed by atoms with Gasteiger partial charge in [-0.2, -0.15) is 0 Å². The maximum absolute atomic E-state index is 12.5. The molecule has 1 fully saturated rings. The van der Waals surface area contributed by atoms with Crippen molar-refractivity contribution in [3.05, 3.63) is 35.9 Å². The van der Waals surface area contributed by atoms with E-state index in [1.807, 2.05) is 58.0 Å². The van der Waals surface area contributed by atoms with Crippen molar-refractivity contribution in [1.29, 1.82) is 0 Å². The second-order valence-corrected chi connectivity index (χ2v) is 7.12. The third-order valence-electron chi connectivity index (χ3n) is 3.94. The van der Waals surface area contributed by atoms with E-state index in [9.17, 15) is 9.59 Å². The van der Waals surface area contributed by atoms with Gasteiger partial charge in [0.2, 0.25) is 0 Å². The number of carbonyl (C=O) groups excluding carboxylic acids is 2. The highest BCUT2D eigenvalue weighted by molar-refractivity contribution is 5.87. The first kappa shape index (κ1) is 18.5. The van der Waals surface area contributed by atoms with Crippen LogP contribution in [0.15, 0.2) is 30.3 Å². The van der Waals surface area contributed by atoms with Crippen LogP contribution in [-0.4, -0.2) is 41.1 Å². The number of amides is 1. The molecule has 0 radical (unpaired) electrons. The zero-order chi connectivity index (χ0) is 17.7. The second kappa shape index (κ2) is 7.79. The van der Waals surface area contributed by atoms with Crippen LogP contribution in [0.2, 0.25) is 0 Å². The van der Waals surface area contributed by atoms with Crippen molar-refractivity contribution in [1.82, 2.24) is 4.90 Å². The minimum atomic E-state index is -0.453. The van der Waals surface area contributed by atoms with E-state index in [-0.39, 0.29) is 24.1 Å². The van der Waals surface area contributed by atoms with E-state index < -0.39 is 12.1 Å². The first-order valence-corrected chi connectivity index (χ1v) is 8.48. The van der Waals surface area contributed by atoms with Crippen molar-refractivity contribution in [3.63, 3.8) is 0 Å². The molecule has 2 atom stereocenters. The Kier molecular flexibility index (Phi) is 5.99. The summed E-state index contributed by atoms with van der Waals surface area (Å²) in [4.78, 5) is 26.2. The van der Waals surface area contributed by atoms with Crippen LogP contribution in [0.5, 0.6) is 0 Å². The first-order valence-electron chi connectivity index (χ1n) is 8.48. The largest absolute Gasteiger partial charge is 0.445 e. The van der Waals surface area contributed by atoms with Crippen LogP contribution < -0.4 is 0 Å². The Labute approximate surface area is 143 Å². The van der Waals surface area contributed by atoms with E-state index in [0.717, 1.165) is 5.56 Å². The highest BCUT2D eigenvalue weighted by Crippen LogP contribution is 2.26. The molecule has 1 aromatic carbocycles. The molecule has 1 saturated heterocycles. The number of Topliss-reactive ketones (excluding diaryl/α,β-unsaturated/α-hetero) is 1. The number of hydrogen-bond acceptors (Lipinski definition) is 4. The number of ketones is 1. The van der Waals surface area contributed by atoms with Gasteiger partial charge in [-0.3, -0.25) is 9.69 Å². The van der Waals surface area contributed by atoms with Crippen LogP contribution in [0.3, 0.4) is 0 Å². The van der Waals surface area contributed by atoms with E-state index in [0.29, 0.717) is 19.4 Å². The van der Waals surface area contributed by atoms with E-state index >= 15 is 0 Å². The van der Waals surface area contributed by atoms with Crippen molar-refractivity contribution < 1.29 is 19.1 Å². The van der Waals surface area contributed by atoms with Gasteiger partial charge in [-0.15, -0.1) is 0 Å². The zero-order valence-electron chi connectivity index (χ0n) is 15.0. The van der Waals surface area contributed by atoms with E-state index in [1.165, 1.54) is 4.90 Å². The highest BCUT2D eigenvalue weighted by Gasteiger charge is 2.41. The first-order chi connectivity index (χ1) is 11.3. The van der Waals surface area contributed by atoms with Crippen molar-refractivity contribution in [2.75, 3.05) is 6.54 Å². The summed E-state index contributed by atoms with van der Waals surface area (Å²) in [7, 11) is 0. The van der Waals surface area contributed by atoms with E-state index in [4.69, 9.17) is 9.47 Å². The maximum Gasteiger partial charge on any atom is 0.410 e. The highest BCUT2D eigenvalue weighted by atomic mass is 16.6. The summed E-state index contributed by atoms with van der Waals surface area (Å²) in [6.45, 7) is 8.32. The van der Waals surface area contributed by atoms with Crippen LogP contribution in [0.25, 0.3) is 0 Å². The number of hydrogen-bond donors (Lipinski definition) is 0. The molecule has 0 saturated carbocycles. The molecule has 2 rings (SSSR count). The Morgan fingerprint density at radius 1 is 1.21 bits per heavy atom. The third-order valence-corrected chi connectivity index (χ3v) is 3.94. The molecule has 132 valence electrons. The van der Waals surface area contributed by atoms with Gasteiger partial charge in [-0.25, -0.2) is 4.79 Å². The Morgan fingerprint density at radius 3 is 2.46 bits per heavy atom. The summed E-state index contributed by atoms with van der Waals surface area (Å²) in [5.41, 5.74) is 0.611. The van der Waals surface area contributed by atoms with Crippen molar-refractivity contribution in [2.24, 2.45) is 0 Å². The molecule has 0 unspecified atom stereocenters. The van der Waals surface area contributed by atoms with Crippen LogP contribution >= 0.6 is 0 Å². The molecule has 5 heteroatoms. The lowest BCUT2D eigenvalue weighted by Crippen LogP contribution is -2.40. The van der Waals surface area contributed by atoms with Gasteiger partial charge in [0.05, 0.1) is 24.3 Å². The summed E-state index contributed by atoms with van der Waals surface area (Å²) >= 11 is 0. The van der Waals surface area contributed by atoms with Gasteiger partial charge in [-0.1, -0.05) is 37.3 Å².